The van der Waals surface area contributed by atoms with Crippen molar-refractivity contribution < 1.29 is 4.74 Å². The Morgan fingerprint density at radius 3 is 2.56 bits per heavy atom. The second-order valence-corrected chi connectivity index (χ2v) is 5.88. The Hall–Kier alpha value is -0.250. The molecule has 0 fully saturated rings. The van der Waals surface area contributed by atoms with Gasteiger partial charge in [0.25, 0.3) is 0 Å². The maximum Gasteiger partial charge on any atom is 0.119 e. The van der Waals surface area contributed by atoms with Crippen molar-refractivity contribution in [3.63, 3.8) is 0 Å². The second kappa shape index (κ2) is 8.03. The van der Waals surface area contributed by atoms with Gasteiger partial charge in [-0.1, -0.05) is 22.9 Å². The van der Waals surface area contributed by atoms with Crippen molar-refractivity contribution in [3.8, 4) is 5.75 Å². The maximum absolute atomic E-state index is 5.81. The zero-order valence-electron chi connectivity index (χ0n) is 11.0. The van der Waals surface area contributed by atoms with E-state index in [0.29, 0.717) is 12.5 Å². The highest BCUT2D eigenvalue weighted by atomic mass is 79.9. The van der Waals surface area contributed by atoms with E-state index in [0.717, 1.165) is 29.6 Å². The topological polar surface area (TPSA) is 21.3 Å². The van der Waals surface area contributed by atoms with Gasteiger partial charge in [-0.15, -0.1) is 11.6 Å². The number of halogens is 2. The molecular formula is C14H21BrClNO. The molecule has 0 aromatic heterocycles. The predicted octanol–water partition coefficient (Wildman–Crippen LogP) is 4.22. The van der Waals surface area contributed by atoms with Crippen LogP contribution in [0.25, 0.3) is 0 Å². The van der Waals surface area contributed by atoms with Crippen molar-refractivity contribution in [2.45, 2.75) is 32.2 Å². The molecule has 0 saturated carbocycles. The van der Waals surface area contributed by atoms with Gasteiger partial charge in [-0.25, -0.2) is 0 Å². The molecule has 2 nitrogen and oxygen atoms in total. The molecule has 0 aliphatic carbocycles. The molecule has 0 amide bonds. The van der Waals surface area contributed by atoms with Crippen LogP contribution in [0.4, 0.5) is 0 Å². The Kier molecular flexibility index (Phi) is 7.05. The molecule has 1 rings (SSSR count). The summed E-state index contributed by atoms with van der Waals surface area (Å²) in [5, 5.41) is 3.51. The molecule has 18 heavy (non-hydrogen) atoms. The number of hydrogen-bond acceptors (Lipinski definition) is 2. The van der Waals surface area contributed by atoms with Gasteiger partial charge < -0.3 is 10.1 Å². The molecule has 1 N–H and O–H groups in total. The van der Waals surface area contributed by atoms with Crippen LogP contribution in [-0.4, -0.2) is 24.6 Å². The maximum atomic E-state index is 5.81. The van der Waals surface area contributed by atoms with Crippen LogP contribution in [0.5, 0.6) is 5.75 Å². The standard InChI is InChI=1S/C14H21BrClNO/c1-3-14(2,8-9-16)17-10-11-18-13-6-4-12(15)5-7-13/h4-7,17H,3,8-11H2,1-2H3. The van der Waals surface area contributed by atoms with Gasteiger partial charge in [-0.2, -0.15) is 0 Å². The SMILES string of the molecule is CCC(C)(CCCl)NCCOc1ccc(Br)cc1. The monoisotopic (exact) mass is 333 g/mol. The third kappa shape index (κ3) is 5.59. The Balaban J connectivity index is 2.27. The quantitative estimate of drug-likeness (QED) is 0.568. The van der Waals surface area contributed by atoms with Gasteiger partial charge in [0.05, 0.1) is 0 Å². The van der Waals surface area contributed by atoms with E-state index in [4.69, 9.17) is 16.3 Å². The van der Waals surface area contributed by atoms with Crippen LogP contribution >= 0.6 is 27.5 Å². The van der Waals surface area contributed by atoms with E-state index < -0.39 is 0 Å². The predicted molar refractivity (Wildman–Crippen MR) is 81.7 cm³/mol. The van der Waals surface area contributed by atoms with Gasteiger partial charge in [-0.3, -0.25) is 0 Å². The summed E-state index contributed by atoms with van der Waals surface area (Å²) in [5.74, 6) is 1.58. The number of ether oxygens (including phenoxy) is 1. The van der Waals surface area contributed by atoms with Crippen molar-refractivity contribution in [3.05, 3.63) is 28.7 Å². The third-order valence-electron chi connectivity index (χ3n) is 3.16. The summed E-state index contributed by atoms with van der Waals surface area (Å²) in [4.78, 5) is 0. The molecule has 1 aromatic carbocycles. The van der Waals surface area contributed by atoms with Crippen LogP contribution in [-0.2, 0) is 0 Å². The summed E-state index contributed by atoms with van der Waals surface area (Å²) in [5.41, 5.74) is 0.116. The van der Waals surface area contributed by atoms with E-state index in [2.05, 4.69) is 35.1 Å². The van der Waals surface area contributed by atoms with Crippen molar-refractivity contribution in [1.29, 1.82) is 0 Å². The highest BCUT2D eigenvalue weighted by Gasteiger charge is 2.19. The van der Waals surface area contributed by atoms with Crippen LogP contribution in [0, 0.1) is 0 Å². The van der Waals surface area contributed by atoms with Crippen molar-refractivity contribution in [2.75, 3.05) is 19.0 Å². The minimum Gasteiger partial charge on any atom is -0.492 e. The molecule has 1 aromatic rings. The van der Waals surface area contributed by atoms with E-state index in [-0.39, 0.29) is 5.54 Å². The van der Waals surface area contributed by atoms with E-state index in [1.165, 1.54) is 0 Å². The molecule has 0 saturated heterocycles. The minimum atomic E-state index is 0.116. The summed E-state index contributed by atoms with van der Waals surface area (Å²) in [6.07, 6.45) is 2.04. The van der Waals surface area contributed by atoms with E-state index >= 15 is 0 Å². The Bertz CT molecular complexity index is 344. The molecule has 102 valence electrons. The minimum absolute atomic E-state index is 0.116. The van der Waals surface area contributed by atoms with Crippen LogP contribution in [0.2, 0.25) is 0 Å². The number of hydrogen-bond donors (Lipinski definition) is 1. The lowest BCUT2D eigenvalue weighted by atomic mass is 9.95. The van der Waals surface area contributed by atoms with E-state index in [9.17, 15) is 0 Å². The van der Waals surface area contributed by atoms with Gasteiger partial charge >= 0.3 is 0 Å². The summed E-state index contributed by atoms with van der Waals surface area (Å²) < 4.78 is 6.73. The van der Waals surface area contributed by atoms with Crippen LogP contribution in [0.15, 0.2) is 28.7 Å². The van der Waals surface area contributed by atoms with Gasteiger partial charge in [0.1, 0.15) is 12.4 Å². The molecule has 0 heterocycles. The first-order valence-electron chi connectivity index (χ1n) is 6.29. The zero-order valence-corrected chi connectivity index (χ0v) is 13.4. The lowest BCUT2D eigenvalue weighted by Crippen LogP contribution is -2.44. The molecule has 0 spiro atoms. The molecular weight excluding hydrogens is 314 g/mol. The van der Waals surface area contributed by atoms with Gasteiger partial charge in [0, 0.05) is 22.4 Å². The average Bonchev–Trinajstić information content (AvgIpc) is 2.37. The third-order valence-corrected chi connectivity index (χ3v) is 3.88. The number of nitrogens with one attached hydrogen (secondary N) is 1. The molecule has 0 aliphatic heterocycles. The van der Waals surface area contributed by atoms with Gasteiger partial charge in [-0.05, 0) is 44.0 Å². The van der Waals surface area contributed by atoms with E-state index in [1.807, 2.05) is 24.3 Å². The highest BCUT2D eigenvalue weighted by Crippen LogP contribution is 2.17. The van der Waals surface area contributed by atoms with Gasteiger partial charge in [0.2, 0.25) is 0 Å². The summed E-state index contributed by atoms with van der Waals surface area (Å²) >= 11 is 9.21. The number of benzene rings is 1. The van der Waals surface area contributed by atoms with Crippen molar-refractivity contribution in [1.82, 2.24) is 5.32 Å². The molecule has 1 atom stereocenters. The highest BCUT2D eigenvalue weighted by molar-refractivity contribution is 9.10. The molecule has 0 bridgehead atoms. The Morgan fingerprint density at radius 1 is 1.33 bits per heavy atom. The smallest absolute Gasteiger partial charge is 0.119 e. The molecule has 4 heteroatoms. The average molecular weight is 335 g/mol. The second-order valence-electron chi connectivity index (χ2n) is 4.58. The van der Waals surface area contributed by atoms with Crippen LogP contribution in [0.1, 0.15) is 26.7 Å². The van der Waals surface area contributed by atoms with Crippen LogP contribution in [0.3, 0.4) is 0 Å². The summed E-state index contributed by atoms with van der Waals surface area (Å²) in [6.45, 7) is 5.88. The zero-order chi connectivity index (χ0) is 13.4. The van der Waals surface area contributed by atoms with E-state index in [1.54, 1.807) is 0 Å². The molecule has 0 aliphatic rings. The molecule has 0 radical (unpaired) electrons. The fourth-order valence-electron chi connectivity index (χ4n) is 1.65. The lowest BCUT2D eigenvalue weighted by Gasteiger charge is -2.29. The van der Waals surface area contributed by atoms with Gasteiger partial charge in [0.15, 0.2) is 0 Å². The van der Waals surface area contributed by atoms with Crippen molar-refractivity contribution >= 4 is 27.5 Å². The lowest BCUT2D eigenvalue weighted by molar-refractivity contribution is 0.267. The normalized spacial score (nSPS) is 14.2. The fourth-order valence-corrected chi connectivity index (χ4v) is 2.33. The van der Waals surface area contributed by atoms with Crippen LogP contribution < -0.4 is 10.1 Å². The number of alkyl halides is 1. The summed E-state index contributed by atoms with van der Waals surface area (Å²) in [7, 11) is 0. The summed E-state index contributed by atoms with van der Waals surface area (Å²) in [6, 6.07) is 7.88. The Morgan fingerprint density at radius 2 is 2.00 bits per heavy atom. The first kappa shape index (κ1) is 15.8. The van der Waals surface area contributed by atoms with Crippen molar-refractivity contribution in [2.24, 2.45) is 0 Å². The first-order valence-corrected chi connectivity index (χ1v) is 7.62. The number of rotatable bonds is 8. The Labute approximate surface area is 123 Å². The fraction of sp³-hybridized carbons (Fsp3) is 0.571. The largest absolute Gasteiger partial charge is 0.492 e. The first-order chi connectivity index (χ1) is 8.59. The molecule has 1 unspecified atom stereocenters.